The van der Waals surface area contributed by atoms with Gasteiger partial charge in [0.2, 0.25) is 0 Å². The molecule has 3 nitrogen and oxygen atoms in total. The lowest BCUT2D eigenvalue weighted by atomic mass is 10.1. The number of benzene rings is 1. The first-order valence-corrected chi connectivity index (χ1v) is 7.88. The smallest absolute Gasteiger partial charge is 0.190 e. The molecular weight excluding hydrogens is 375 g/mol. The van der Waals surface area contributed by atoms with Crippen molar-refractivity contribution in [1.29, 1.82) is 0 Å². The third kappa shape index (κ3) is 3.96. The van der Waals surface area contributed by atoms with Crippen LogP contribution in [0.3, 0.4) is 0 Å². The molecule has 0 spiro atoms. The zero-order chi connectivity index (χ0) is 15.6. The molecule has 1 heterocycles. The van der Waals surface area contributed by atoms with Crippen molar-refractivity contribution in [2.24, 2.45) is 0 Å². The highest BCUT2D eigenvalue weighted by atomic mass is 79.9. The normalized spacial score (nSPS) is 12.0. The molecule has 0 radical (unpaired) electrons. The maximum absolute atomic E-state index is 11.9. The molecule has 0 aliphatic heterocycles. The zero-order valence-corrected chi connectivity index (χ0v) is 14.6. The first kappa shape index (κ1) is 16.3. The quantitative estimate of drug-likeness (QED) is 0.570. The summed E-state index contributed by atoms with van der Waals surface area (Å²) in [6.45, 7) is 3.83. The minimum atomic E-state index is -1.09. The summed E-state index contributed by atoms with van der Waals surface area (Å²) in [6.07, 6.45) is 1.42. The van der Waals surface area contributed by atoms with Crippen LogP contribution in [-0.2, 0) is 4.79 Å². The summed E-state index contributed by atoms with van der Waals surface area (Å²) in [5.41, 5.74) is 3.29. The number of alkyl halides is 2. The number of allylic oxidation sites excluding steroid dienone is 1. The predicted molar refractivity (Wildman–Crippen MR) is 89.7 cm³/mol. The second-order valence-corrected chi connectivity index (χ2v) is 6.59. The van der Waals surface area contributed by atoms with E-state index in [1.54, 1.807) is 4.68 Å². The maximum Gasteiger partial charge on any atom is 0.190 e. The molecule has 0 bridgehead atoms. The molecule has 0 aliphatic rings. The van der Waals surface area contributed by atoms with E-state index >= 15 is 0 Å². The lowest BCUT2D eigenvalue weighted by Gasteiger charge is -2.11. The Hall–Kier alpha value is -1.10. The van der Waals surface area contributed by atoms with Gasteiger partial charge in [-0.3, -0.25) is 4.79 Å². The summed E-state index contributed by atoms with van der Waals surface area (Å²) in [6, 6.07) is 9.54. The molecule has 2 aromatic rings. The van der Waals surface area contributed by atoms with Gasteiger partial charge >= 0.3 is 0 Å². The maximum atomic E-state index is 11.9. The number of nitrogens with zero attached hydrogens (tertiary/aromatic N) is 2. The first-order chi connectivity index (χ1) is 9.88. The van der Waals surface area contributed by atoms with Gasteiger partial charge in [0.1, 0.15) is 0 Å². The van der Waals surface area contributed by atoms with E-state index in [0.29, 0.717) is 5.70 Å². The molecule has 0 amide bonds. The van der Waals surface area contributed by atoms with Crippen LogP contribution in [0, 0.1) is 13.8 Å². The monoisotopic (exact) mass is 386 g/mol. The molecule has 0 unspecified atom stereocenters. The Morgan fingerprint density at radius 1 is 1.29 bits per heavy atom. The van der Waals surface area contributed by atoms with Gasteiger partial charge in [0, 0.05) is 21.8 Å². The molecule has 1 aromatic heterocycles. The van der Waals surface area contributed by atoms with E-state index in [4.69, 9.17) is 23.2 Å². The fourth-order valence-corrected chi connectivity index (χ4v) is 2.35. The van der Waals surface area contributed by atoms with Crippen molar-refractivity contribution < 1.29 is 4.79 Å². The van der Waals surface area contributed by atoms with Crippen LogP contribution >= 0.6 is 39.1 Å². The third-order valence-electron chi connectivity index (χ3n) is 2.87. The molecule has 2 rings (SSSR count). The number of aryl methyl sites for hydroxylation is 2. The zero-order valence-electron chi connectivity index (χ0n) is 11.5. The molecule has 0 saturated carbocycles. The van der Waals surface area contributed by atoms with Gasteiger partial charge in [-0.25, -0.2) is 4.68 Å². The van der Waals surface area contributed by atoms with Crippen LogP contribution in [-0.4, -0.2) is 20.4 Å². The topological polar surface area (TPSA) is 34.9 Å². The highest BCUT2D eigenvalue weighted by molar-refractivity contribution is 9.10. The Bertz CT molecular complexity index is 690. The molecule has 0 N–H and O–H groups in total. The third-order valence-corrected chi connectivity index (χ3v) is 3.83. The van der Waals surface area contributed by atoms with Crippen molar-refractivity contribution >= 4 is 50.6 Å². The van der Waals surface area contributed by atoms with Crippen LogP contribution in [0.2, 0.25) is 0 Å². The van der Waals surface area contributed by atoms with Crippen LogP contribution in [0.15, 0.2) is 40.9 Å². The summed E-state index contributed by atoms with van der Waals surface area (Å²) < 4.78 is 2.67. The Morgan fingerprint density at radius 2 is 1.90 bits per heavy atom. The molecule has 0 atom stereocenters. The van der Waals surface area contributed by atoms with E-state index < -0.39 is 4.84 Å². The molecule has 0 aliphatic carbocycles. The van der Waals surface area contributed by atoms with Gasteiger partial charge in [0.25, 0.3) is 0 Å². The van der Waals surface area contributed by atoms with Gasteiger partial charge in [-0.1, -0.05) is 51.3 Å². The SMILES string of the molecule is Cc1cc(C)n(C(=CC(=O)C(Cl)Cl)c2ccc(Br)cc2)n1. The summed E-state index contributed by atoms with van der Waals surface area (Å²) >= 11 is 14.7. The second kappa shape index (κ2) is 6.77. The standard InChI is InChI=1S/C15H13BrCl2N2O/c1-9-7-10(2)20(19-9)13(8-14(21)15(17)18)11-3-5-12(16)6-4-11/h3-8,15H,1-2H3. The Morgan fingerprint density at radius 3 is 2.38 bits per heavy atom. The van der Waals surface area contributed by atoms with E-state index in [-0.39, 0.29) is 5.78 Å². The molecule has 21 heavy (non-hydrogen) atoms. The number of ketones is 1. The van der Waals surface area contributed by atoms with Crippen molar-refractivity contribution in [3.05, 3.63) is 57.8 Å². The van der Waals surface area contributed by atoms with E-state index in [1.807, 2.05) is 44.2 Å². The van der Waals surface area contributed by atoms with Crippen LogP contribution in [0.1, 0.15) is 17.0 Å². The van der Waals surface area contributed by atoms with Crippen LogP contribution < -0.4 is 0 Å². The first-order valence-electron chi connectivity index (χ1n) is 6.22. The summed E-state index contributed by atoms with van der Waals surface area (Å²) in [7, 11) is 0. The lowest BCUT2D eigenvalue weighted by molar-refractivity contribution is -0.113. The van der Waals surface area contributed by atoms with E-state index in [0.717, 1.165) is 21.4 Å². The molecule has 0 fully saturated rings. The van der Waals surface area contributed by atoms with Crippen LogP contribution in [0.5, 0.6) is 0 Å². The van der Waals surface area contributed by atoms with E-state index in [9.17, 15) is 4.79 Å². The van der Waals surface area contributed by atoms with Gasteiger partial charge in [-0.2, -0.15) is 5.10 Å². The minimum absolute atomic E-state index is 0.371. The Labute approximate surface area is 141 Å². The number of carbonyl (C=O) groups is 1. The largest absolute Gasteiger partial charge is 0.292 e. The predicted octanol–water partition coefficient (Wildman–Crippen LogP) is 4.52. The molecule has 6 heteroatoms. The van der Waals surface area contributed by atoms with Crippen LogP contribution in [0.4, 0.5) is 0 Å². The van der Waals surface area contributed by atoms with E-state index in [2.05, 4.69) is 21.0 Å². The Kier molecular flexibility index (Phi) is 5.25. The number of halogens is 3. The van der Waals surface area contributed by atoms with Gasteiger partial charge in [-0.05, 0) is 32.0 Å². The van der Waals surface area contributed by atoms with Crippen molar-refractivity contribution in [3.63, 3.8) is 0 Å². The van der Waals surface area contributed by atoms with Gasteiger partial charge in [-0.15, -0.1) is 0 Å². The second-order valence-electron chi connectivity index (χ2n) is 4.58. The summed E-state index contributed by atoms with van der Waals surface area (Å²) in [4.78, 5) is 10.8. The molecular formula is C15H13BrCl2N2O. The Balaban J connectivity index is 2.57. The lowest BCUT2D eigenvalue weighted by Crippen LogP contribution is -2.10. The number of aromatic nitrogens is 2. The number of hydrogen-bond donors (Lipinski definition) is 0. The van der Waals surface area contributed by atoms with Crippen molar-refractivity contribution in [1.82, 2.24) is 9.78 Å². The van der Waals surface area contributed by atoms with Gasteiger partial charge in [0.15, 0.2) is 10.6 Å². The van der Waals surface area contributed by atoms with Crippen molar-refractivity contribution in [2.45, 2.75) is 18.7 Å². The fraction of sp³-hybridized carbons (Fsp3) is 0.200. The molecule has 110 valence electrons. The van der Waals surface area contributed by atoms with Crippen LogP contribution in [0.25, 0.3) is 5.70 Å². The molecule has 1 aromatic carbocycles. The van der Waals surface area contributed by atoms with Crippen molar-refractivity contribution in [2.75, 3.05) is 0 Å². The van der Waals surface area contributed by atoms with E-state index in [1.165, 1.54) is 6.08 Å². The number of carbonyl (C=O) groups excluding carboxylic acids is 1. The minimum Gasteiger partial charge on any atom is -0.292 e. The highest BCUT2D eigenvalue weighted by Crippen LogP contribution is 2.22. The number of hydrogen-bond acceptors (Lipinski definition) is 2. The fourth-order valence-electron chi connectivity index (χ4n) is 1.96. The summed E-state index contributed by atoms with van der Waals surface area (Å²) in [5, 5.41) is 4.42. The van der Waals surface area contributed by atoms with Gasteiger partial charge in [0.05, 0.1) is 11.4 Å². The van der Waals surface area contributed by atoms with Gasteiger partial charge < -0.3 is 0 Å². The number of rotatable bonds is 4. The summed E-state index contributed by atoms with van der Waals surface area (Å²) in [5.74, 6) is -0.371. The highest BCUT2D eigenvalue weighted by Gasteiger charge is 2.15. The average Bonchev–Trinajstić information content (AvgIpc) is 2.75. The average molecular weight is 388 g/mol. The van der Waals surface area contributed by atoms with Crippen molar-refractivity contribution in [3.8, 4) is 0 Å². The molecule has 0 saturated heterocycles.